The molecule has 6 rings (SSSR count). The Labute approximate surface area is 236 Å². The molecule has 0 aromatic heterocycles. The minimum atomic E-state index is -1.02. The van der Waals surface area contributed by atoms with Crippen molar-refractivity contribution >= 4 is 29.0 Å². The smallest absolute Gasteiger partial charge is 0.404 e. The summed E-state index contributed by atoms with van der Waals surface area (Å²) in [7, 11) is 0. The molecule has 2 atom stereocenters. The van der Waals surface area contributed by atoms with Crippen LogP contribution in [0.2, 0.25) is 0 Å². The summed E-state index contributed by atoms with van der Waals surface area (Å²) in [5, 5.41) is 14.1. The van der Waals surface area contributed by atoms with Crippen molar-refractivity contribution in [3.05, 3.63) is 119 Å². The van der Waals surface area contributed by atoms with Crippen LogP contribution in [0, 0.1) is 0 Å². The highest BCUT2D eigenvalue weighted by atomic mass is 32.2. The Morgan fingerprint density at radius 2 is 1.50 bits per heavy atom. The van der Waals surface area contributed by atoms with Gasteiger partial charge >= 0.3 is 6.09 Å². The van der Waals surface area contributed by atoms with Crippen LogP contribution in [0.1, 0.15) is 34.6 Å². The number of hydrogen-bond donors (Lipinski definition) is 3. The van der Waals surface area contributed by atoms with Gasteiger partial charge < -0.3 is 10.4 Å². The average molecular weight is 549 g/mol. The number of nitrogens with one attached hydrogen (secondary N) is 2. The fourth-order valence-electron chi connectivity index (χ4n) is 5.90. The lowest BCUT2D eigenvalue weighted by Gasteiger charge is -2.23. The third-order valence-electron chi connectivity index (χ3n) is 7.69. The van der Waals surface area contributed by atoms with Crippen molar-refractivity contribution in [2.24, 2.45) is 0 Å². The lowest BCUT2D eigenvalue weighted by atomic mass is 9.87. The second kappa shape index (κ2) is 11.0. The zero-order valence-corrected chi connectivity index (χ0v) is 22.5. The number of rotatable bonds is 8. The number of carbonyl (C=O) groups excluding carboxylic acids is 2. The average Bonchev–Trinajstić information content (AvgIpc) is 3.44. The van der Waals surface area contributed by atoms with Gasteiger partial charge in [0, 0.05) is 12.0 Å². The standard InChI is InChI=1S/C33H28N2O4S/c36-31-30(40-33(39)35-31)18-20-12-14-22(15-13-20)23-7-5-6-21(16-23)17-24(34-32(37)38)19-29-27-10-3-1-8-25(27)26-9-2-4-11-28(26)29/h1-16,24,29-30,34H,17-19H2,(H,37,38)(H,35,36,39). The van der Waals surface area contributed by atoms with Crippen molar-refractivity contribution in [1.29, 1.82) is 0 Å². The first kappa shape index (κ1) is 25.9. The molecule has 1 aliphatic heterocycles. The van der Waals surface area contributed by atoms with Crippen molar-refractivity contribution in [3.63, 3.8) is 0 Å². The summed E-state index contributed by atoms with van der Waals surface area (Å²) in [5.41, 5.74) is 9.05. The number of imide groups is 1. The highest BCUT2D eigenvalue weighted by molar-refractivity contribution is 8.15. The van der Waals surface area contributed by atoms with Gasteiger partial charge in [0.1, 0.15) is 0 Å². The molecular formula is C33H28N2O4S. The van der Waals surface area contributed by atoms with Crippen molar-refractivity contribution < 1.29 is 19.5 Å². The molecule has 200 valence electrons. The lowest BCUT2D eigenvalue weighted by molar-refractivity contribution is -0.118. The number of thioether (sulfide) groups is 1. The van der Waals surface area contributed by atoms with Gasteiger partial charge in [-0.25, -0.2) is 4.79 Å². The summed E-state index contributed by atoms with van der Waals surface area (Å²) in [4.78, 5) is 35.2. The SMILES string of the molecule is O=C(O)NC(Cc1cccc(-c2ccc(CC3SC(=O)NC3=O)cc2)c1)CC1c2ccccc2-c2ccccc21. The van der Waals surface area contributed by atoms with Gasteiger partial charge in [0.15, 0.2) is 0 Å². The van der Waals surface area contributed by atoms with Crippen LogP contribution >= 0.6 is 11.8 Å². The molecule has 1 heterocycles. The van der Waals surface area contributed by atoms with Crippen molar-refractivity contribution in [3.8, 4) is 22.3 Å². The van der Waals surface area contributed by atoms with Crippen LogP contribution in [-0.4, -0.2) is 33.6 Å². The Balaban J connectivity index is 1.20. The molecule has 40 heavy (non-hydrogen) atoms. The quantitative estimate of drug-likeness (QED) is 0.230. The maximum absolute atomic E-state index is 11.9. The first-order valence-corrected chi connectivity index (χ1v) is 14.2. The summed E-state index contributed by atoms with van der Waals surface area (Å²) < 4.78 is 0. The Hall–Kier alpha value is -4.36. The van der Waals surface area contributed by atoms with E-state index in [0.29, 0.717) is 19.3 Å². The van der Waals surface area contributed by atoms with Gasteiger partial charge in [-0.15, -0.1) is 0 Å². The number of fused-ring (bicyclic) bond motifs is 3. The van der Waals surface area contributed by atoms with Crippen LogP contribution in [0.15, 0.2) is 97.1 Å². The second-order valence-electron chi connectivity index (χ2n) is 10.3. The minimum absolute atomic E-state index is 0.121. The van der Waals surface area contributed by atoms with Gasteiger partial charge in [-0.2, -0.15) is 0 Å². The Morgan fingerprint density at radius 3 is 2.12 bits per heavy atom. The molecule has 4 aromatic rings. The molecule has 0 spiro atoms. The molecular weight excluding hydrogens is 520 g/mol. The van der Waals surface area contributed by atoms with Gasteiger partial charge in [0.05, 0.1) is 5.25 Å². The normalized spacial score (nSPS) is 16.8. The topological polar surface area (TPSA) is 95.5 Å². The largest absolute Gasteiger partial charge is 0.465 e. The van der Waals surface area contributed by atoms with E-state index in [4.69, 9.17) is 0 Å². The molecule has 4 aromatic carbocycles. The maximum atomic E-state index is 11.9. The second-order valence-corrected chi connectivity index (χ2v) is 11.5. The molecule has 1 aliphatic carbocycles. The van der Waals surface area contributed by atoms with E-state index in [2.05, 4.69) is 41.0 Å². The van der Waals surface area contributed by atoms with Gasteiger partial charge in [-0.3, -0.25) is 14.9 Å². The predicted octanol–water partition coefficient (Wildman–Crippen LogP) is 6.63. The fraction of sp³-hybridized carbons (Fsp3) is 0.182. The third kappa shape index (κ3) is 5.38. The summed E-state index contributed by atoms with van der Waals surface area (Å²) >= 11 is 1.04. The molecule has 0 bridgehead atoms. The minimum Gasteiger partial charge on any atom is -0.465 e. The fourth-order valence-corrected chi connectivity index (χ4v) is 6.76. The Bertz CT molecular complexity index is 1550. The van der Waals surface area contributed by atoms with E-state index in [1.165, 1.54) is 22.3 Å². The van der Waals surface area contributed by atoms with Crippen LogP contribution in [0.3, 0.4) is 0 Å². The van der Waals surface area contributed by atoms with E-state index in [9.17, 15) is 19.5 Å². The summed E-state index contributed by atoms with van der Waals surface area (Å²) in [6, 6.07) is 32.7. The molecule has 2 aliphatic rings. The third-order valence-corrected chi connectivity index (χ3v) is 8.68. The van der Waals surface area contributed by atoms with Crippen molar-refractivity contribution in [1.82, 2.24) is 10.6 Å². The van der Waals surface area contributed by atoms with Gasteiger partial charge in [0.2, 0.25) is 5.91 Å². The molecule has 1 saturated heterocycles. The first-order valence-electron chi connectivity index (χ1n) is 13.3. The van der Waals surface area contributed by atoms with Gasteiger partial charge in [0.25, 0.3) is 5.24 Å². The van der Waals surface area contributed by atoms with E-state index in [0.717, 1.165) is 34.0 Å². The number of benzene rings is 4. The molecule has 0 radical (unpaired) electrons. The van der Waals surface area contributed by atoms with Crippen LogP contribution in [-0.2, 0) is 17.6 Å². The van der Waals surface area contributed by atoms with Crippen LogP contribution in [0.4, 0.5) is 9.59 Å². The molecule has 3 N–H and O–H groups in total. The maximum Gasteiger partial charge on any atom is 0.404 e. The Kier molecular flexibility index (Phi) is 7.13. The van der Waals surface area contributed by atoms with E-state index in [-0.39, 0.29) is 28.4 Å². The molecule has 6 nitrogen and oxygen atoms in total. The van der Waals surface area contributed by atoms with Gasteiger partial charge in [-0.05, 0) is 63.8 Å². The number of hydrogen-bond acceptors (Lipinski definition) is 4. The van der Waals surface area contributed by atoms with Crippen molar-refractivity contribution in [2.75, 3.05) is 0 Å². The number of carbonyl (C=O) groups is 3. The number of carboxylic acid groups (broad SMARTS) is 1. The monoisotopic (exact) mass is 548 g/mol. The van der Waals surface area contributed by atoms with E-state index < -0.39 is 6.09 Å². The summed E-state index contributed by atoms with van der Waals surface area (Å²) in [5.74, 6) is -0.115. The van der Waals surface area contributed by atoms with Crippen LogP contribution in [0.5, 0.6) is 0 Å². The molecule has 0 saturated carbocycles. The predicted molar refractivity (Wildman–Crippen MR) is 157 cm³/mol. The van der Waals surface area contributed by atoms with E-state index >= 15 is 0 Å². The van der Waals surface area contributed by atoms with Crippen LogP contribution in [0.25, 0.3) is 22.3 Å². The molecule has 3 amide bonds. The number of amides is 3. The summed E-state index contributed by atoms with van der Waals surface area (Å²) in [6.07, 6.45) is 0.709. The highest BCUT2D eigenvalue weighted by Crippen LogP contribution is 2.46. The van der Waals surface area contributed by atoms with Gasteiger partial charge in [-0.1, -0.05) is 109 Å². The summed E-state index contributed by atoms with van der Waals surface area (Å²) in [6.45, 7) is 0. The lowest BCUT2D eigenvalue weighted by Crippen LogP contribution is -2.36. The van der Waals surface area contributed by atoms with E-state index in [1.54, 1.807) is 0 Å². The zero-order chi connectivity index (χ0) is 27.6. The molecule has 1 fully saturated rings. The van der Waals surface area contributed by atoms with E-state index in [1.807, 2.05) is 66.7 Å². The first-order chi connectivity index (χ1) is 19.4. The van der Waals surface area contributed by atoms with Crippen LogP contribution < -0.4 is 10.6 Å². The Morgan fingerprint density at radius 1 is 0.825 bits per heavy atom. The molecule has 2 unspecified atom stereocenters. The zero-order valence-electron chi connectivity index (χ0n) is 21.7. The highest BCUT2D eigenvalue weighted by Gasteiger charge is 2.32. The molecule has 7 heteroatoms. The van der Waals surface area contributed by atoms with Crippen molar-refractivity contribution in [2.45, 2.75) is 36.5 Å².